The van der Waals surface area contributed by atoms with Crippen LogP contribution in [0.3, 0.4) is 0 Å². The monoisotopic (exact) mass is 732 g/mol. The molecule has 3 aliphatic rings. The lowest BCUT2D eigenvalue weighted by molar-refractivity contribution is 0.487. The quantitative estimate of drug-likeness (QED) is 0.168. The molecule has 0 aromatic heterocycles. The van der Waals surface area contributed by atoms with Crippen LogP contribution >= 0.6 is 11.6 Å². The van der Waals surface area contributed by atoms with Crippen molar-refractivity contribution in [1.82, 2.24) is 0 Å². The van der Waals surface area contributed by atoms with Gasteiger partial charge >= 0.3 is 0 Å². The summed E-state index contributed by atoms with van der Waals surface area (Å²) in [6.07, 6.45) is 0. The van der Waals surface area contributed by atoms with Gasteiger partial charge in [-0.2, -0.15) is 0 Å². The number of aryl methyl sites for hydroxylation is 1. The van der Waals surface area contributed by atoms with Crippen molar-refractivity contribution in [3.8, 4) is 22.6 Å². The zero-order valence-electron chi connectivity index (χ0n) is 32.1. The van der Waals surface area contributed by atoms with Crippen molar-refractivity contribution in [2.45, 2.75) is 52.4 Å². The van der Waals surface area contributed by atoms with E-state index in [2.05, 4.69) is 185 Å². The molecule has 0 saturated heterocycles. The van der Waals surface area contributed by atoms with Crippen molar-refractivity contribution in [1.29, 1.82) is 0 Å². The molecule has 0 atom stereocenters. The topological polar surface area (TPSA) is 15.7 Å². The van der Waals surface area contributed by atoms with E-state index in [0.29, 0.717) is 5.02 Å². The van der Waals surface area contributed by atoms with E-state index in [9.17, 15) is 0 Å². The average molecular weight is 733 g/mol. The highest BCUT2D eigenvalue weighted by Crippen LogP contribution is 2.52. The van der Waals surface area contributed by atoms with Crippen LogP contribution in [0.4, 0.5) is 34.1 Å². The summed E-state index contributed by atoms with van der Waals surface area (Å²) in [4.78, 5) is 4.75. The molecule has 7 aromatic rings. The molecule has 0 bridgehead atoms. The Kier molecular flexibility index (Phi) is 7.47. The van der Waals surface area contributed by atoms with Crippen LogP contribution in [0, 0.1) is 6.92 Å². The van der Waals surface area contributed by atoms with Crippen LogP contribution in [0.15, 0.2) is 146 Å². The zero-order valence-corrected chi connectivity index (χ0v) is 32.9. The second kappa shape index (κ2) is 12.1. The van der Waals surface area contributed by atoms with Gasteiger partial charge < -0.3 is 14.5 Å². The van der Waals surface area contributed by atoms with E-state index in [1.165, 1.54) is 49.9 Å². The summed E-state index contributed by atoms with van der Waals surface area (Å²) in [5.74, 6) is 1.84. The SMILES string of the molecule is Cc1cc2c3c(c1)N(c1cccc(Cl)c1)c1cc(C(C)(C)C)ccc1B3c1cc3c(cc1O2)-c1ccc(N(c2ccccc2)c2ccccc2)cc1C3(C)C. The van der Waals surface area contributed by atoms with Gasteiger partial charge in [-0.1, -0.05) is 113 Å². The van der Waals surface area contributed by atoms with Crippen LogP contribution in [-0.2, 0) is 10.8 Å². The number of para-hydroxylation sites is 2. The van der Waals surface area contributed by atoms with E-state index < -0.39 is 0 Å². The molecule has 10 rings (SSSR count). The molecule has 0 unspecified atom stereocenters. The van der Waals surface area contributed by atoms with Gasteiger partial charge in [0.25, 0.3) is 6.71 Å². The molecule has 0 saturated carbocycles. The number of anilines is 6. The average Bonchev–Trinajstić information content (AvgIpc) is 3.38. The lowest BCUT2D eigenvalue weighted by Crippen LogP contribution is -2.59. The lowest BCUT2D eigenvalue weighted by Gasteiger charge is -2.41. The molecule has 0 N–H and O–H groups in total. The number of fused-ring (bicyclic) bond motifs is 7. The van der Waals surface area contributed by atoms with Gasteiger partial charge in [0.15, 0.2) is 0 Å². The van der Waals surface area contributed by atoms with Gasteiger partial charge in [0.05, 0.1) is 0 Å². The highest BCUT2D eigenvalue weighted by molar-refractivity contribution is 6.99. The fraction of sp³-hybridized carbons (Fsp3) is 0.160. The van der Waals surface area contributed by atoms with Gasteiger partial charge in [-0.15, -0.1) is 0 Å². The third kappa shape index (κ3) is 5.26. The first-order chi connectivity index (χ1) is 26.5. The second-order valence-electron chi connectivity index (χ2n) is 16.9. The Balaban J connectivity index is 1.16. The normalized spacial score (nSPS) is 14.3. The van der Waals surface area contributed by atoms with Gasteiger partial charge in [0, 0.05) is 44.6 Å². The zero-order chi connectivity index (χ0) is 37.8. The molecule has 268 valence electrons. The molecule has 2 aliphatic heterocycles. The predicted octanol–water partition coefficient (Wildman–Crippen LogP) is 12.1. The van der Waals surface area contributed by atoms with E-state index >= 15 is 0 Å². The van der Waals surface area contributed by atoms with Crippen LogP contribution in [0.5, 0.6) is 11.5 Å². The van der Waals surface area contributed by atoms with Crippen LogP contribution in [0.1, 0.15) is 56.9 Å². The fourth-order valence-corrected chi connectivity index (χ4v) is 9.38. The Morgan fingerprint density at radius 1 is 0.618 bits per heavy atom. The molecule has 0 radical (unpaired) electrons. The first-order valence-corrected chi connectivity index (χ1v) is 19.6. The van der Waals surface area contributed by atoms with Gasteiger partial charge in [-0.25, -0.2) is 0 Å². The smallest absolute Gasteiger partial charge is 0.256 e. The summed E-state index contributed by atoms with van der Waals surface area (Å²) in [6.45, 7) is 13.8. The van der Waals surface area contributed by atoms with Gasteiger partial charge in [-0.3, -0.25) is 0 Å². The number of hydrogen-bond donors (Lipinski definition) is 0. The van der Waals surface area contributed by atoms with Gasteiger partial charge in [0.2, 0.25) is 0 Å². The molecular weight excluding hydrogens is 691 g/mol. The Morgan fingerprint density at radius 2 is 1.33 bits per heavy atom. The van der Waals surface area contributed by atoms with Crippen LogP contribution in [0.25, 0.3) is 11.1 Å². The Labute approximate surface area is 329 Å². The van der Waals surface area contributed by atoms with Gasteiger partial charge in [-0.05, 0) is 141 Å². The van der Waals surface area contributed by atoms with Crippen molar-refractivity contribution >= 4 is 68.8 Å². The third-order valence-corrected chi connectivity index (χ3v) is 12.2. The molecule has 55 heavy (non-hydrogen) atoms. The Bertz CT molecular complexity index is 2640. The fourth-order valence-electron chi connectivity index (χ4n) is 9.19. The van der Waals surface area contributed by atoms with E-state index in [-0.39, 0.29) is 17.5 Å². The maximum Gasteiger partial charge on any atom is 0.256 e. The molecule has 0 spiro atoms. The number of hydrogen-bond acceptors (Lipinski definition) is 3. The summed E-state index contributed by atoms with van der Waals surface area (Å²) >= 11 is 6.67. The molecule has 0 amide bonds. The summed E-state index contributed by atoms with van der Waals surface area (Å²) in [5, 5.41) is 0.715. The molecule has 2 heterocycles. The standard InChI is InChI=1S/C50H42BClN2O/c1-31-24-45-48-47(25-31)55-46-29-39-38-22-21-37(53(34-15-9-7-10-16-34)35-17-11-8-12-18-35)28-40(38)50(5,6)41(39)30-43(46)51(48)42-23-20-32(49(2,3)4)26-44(42)54(45)36-19-13-14-33(52)27-36/h7-30H,1-6H3. The Hall–Kier alpha value is -5.71. The number of nitrogens with zero attached hydrogens (tertiary/aromatic N) is 2. The van der Waals surface area contributed by atoms with E-state index in [1.807, 2.05) is 12.1 Å². The molecule has 3 nitrogen and oxygen atoms in total. The summed E-state index contributed by atoms with van der Waals surface area (Å²) in [6, 6.07) is 52.9. The third-order valence-electron chi connectivity index (χ3n) is 11.9. The number of ether oxygens (including phenoxy) is 1. The molecule has 0 fully saturated rings. The minimum atomic E-state index is -0.244. The number of benzene rings is 7. The highest BCUT2D eigenvalue weighted by atomic mass is 35.5. The summed E-state index contributed by atoms with van der Waals surface area (Å²) < 4.78 is 7.03. The van der Waals surface area contributed by atoms with Crippen LogP contribution < -0.4 is 30.9 Å². The van der Waals surface area contributed by atoms with Crippen molar-refractivity contribution < 1.29 is 4.74 Å². The Morgan fingerprint density at radius 3 is 2.02 bits per heavy atom. The minimum Gasteiger partial charge on any atom is -0.458 e. The number of rotatable bonds is 4. The number of halogens is 1. The maximum absolute atomic E-state index is 7.03. The first kappa shape index (κ1) is 33.8. The first-order valence-electron chi connectivity index (χ1n) is 19.2. The minimum absolute atomic E-state index is 0.000767. The predicted molar refractivity (Wildman–Crippen MR) is 233 cm³/mol. The highest BCUT2D eigenvalue weighted by Gasteiger charge is 2.45. The van der Waals surface area contributed by atoms with Crippen LogP contribution in [-0.4, -0.2) is 6.71 Å². The maximum atomic E-state index is 7.03. The largest absolute Gasteiger partial charge is 0.458 e. The van der Waals surface area contributed by atoms with Crippen molar-refractivity contribution in [2.24, 2.45) is 0 Å². The second-order valence-corrected chi connectivity index (χ2v) is 17.3. The summed E-state index contributed by atoms with van der Waals surface area (Å²) in [7, 11) is 0. The van der Waals surface area contributed by atoms with Crippen molar-refractivity contribution in [2.75, 3.05) is 9.80 Å². The molecule has 5 heteroatoms. The van der Waals surface area contributed by atoms with Crippen molar-refractivity contribution in [3.63, 3.8) is 0 Å². The molecular formula is C50H42BClN2O. The lowest BCUT2D eigenvalue weighted by atomic mass is 9.34. The van der Waals surface area contributed by atoms with Crippen LogP contribution in [0.2, 0.25) is 5.02 Å². The summed E-state index contributed by atoms with van der Waals surface area (Å²) in [5.41, 5.74) is 17.8. The van der Waals surface area contributed by atoms with Gasteiger partial charge in [0.1, 0.15) is 11.5 Å². The van der Waals surface area contributed by atoms with Crippen molar-refractivity contribution in [3.05, 3.63) is 173 Å². The van der Waals surface area contributed by atoms with E-state index in [1.54, 1.807) is 0 Å². The van der Waals surface area contributed by atoms with E-state index in [0.717, 1.165) is 45.5 Å². The molecule has 7 aromatic carbocycles. The molecule has 1 aliphatic carbocycles. The van der Waals surface area contributed by atoms with E-state index in [4.69, 9.17) is 16.3 Å².